The first-order valence-electron chi connectivity index (χ1n) is 7.38. The lowest BCUT2D eigenvalue weighted by atomic mass is 10.2. The van der Waals surface area contributed by atoms with Gasteiger partial charge in [0, 0.05) is 45.3 Å². The molecule has 0 aromatic rings. The third-order valence-corrected chi connectivity index (χ3v) is 3.48. The van der Waals surface area contributed by atoms with E-state index in [4.69, 9.17) is 4.74 Å². The number of nitrogens with one attached hydrogen (secondary N) is 1. The SMILES string of the molecule is CC(C)(C)OC(=O)N(CCN1CCNCC1)C1CC1. The average molecular weight is 269 g/mol. The molecule has 1 aliphatic heterocycles. The molecule has 0 unspecified atom stereocenters. The van der Waals surface area contributed by atoms with Gasteiger partial charge in [0.1, 0.15) is 5.60 Å². The fraction of sp³-hybridized carbons (Fsp3) is 0.929. The summed E-state index contributed by atoms with van der Waals surface area (Å²) in [4.78, 5) is 16.5. The summed E-state index contributed by atoms with van der Waals surface area (Å²) in [6, 6.07) is 0.415. The van der Waals surface area contributed by atoms with Crippen molar-refractivity contribution in [1.29, 1.82) is 0 Å². The second-order valence-electron chi connectivity index (χ2n) is 6.50. The molecule has 1 amide bonds. The molecule has 2 rings (SSSR count). The van der Waals surface area contributed by atoms with Crippen LogP contribution in [0.3, 0.4) is 0 Å². The van der Waals surface area contributed by atoms with Gasteiger partial charge in [-0.15, -0.1) is 0 Å². The zero-order valence-corrected chi connectivity index (χ0v) is 12.4. The van der Waals surface area contributed by atoms with E-state index in [1.165, 1.54) is 0 Å². The van der Waals surface area contributed by atoms with Gasteiger partial charge in [0.2, 0.25) is 0 Å². The normalized spacial score (nSPS) is 21.2. The number of ether oxygens (including phenoxy) is 1. The highest BCUT2D eigenvalue weighted by molar-refractivity contribution is 5.69. The minimum absolute atomic E-state index is 0.148. The van der Waals surface area contributed by atoms with E-state index in [1.807, 2.05) is 25.7 Å². The minimum atomic E-state index is -0.404. The molecule has 1 N–H and O–H groups in total. The molecule has 5 nitrogen and oxygen atoms in total. The quantitative estimate of drug-likeness (QED) is 0.835. The maximum Gasteiger partial charge on any atom is 0.410 e. The molecule has 1 aliphatic carbocycles. The van der Waals surface area contributed by atoms with Crippen LogP contribution in [-0.2, 0) is 4.74 Å². The van der Waals surface area contributed by atoms with E-state index in [1.54, 1.807) is 0 Å². The average Bonchev–Trinajstić information content (AvgIpc) is 3.13. The second kappa shape index (κ2) is 6.09. The minimum Gasteiger partial charge on any atom is -0.444 e. The highest BCUT2D eigenvalue weighted by Crippen LogP contribution is 2.28. The number of hydrogen-bond donors (Lipinski definition) is 1. The van der Waals surface area contributed by atoms with Gasteiger partial charge in [0.05, 0.1) is 0 Å². The van der Waals surface area contributed by atoms with Crippen LogP contribution in [0.15, 0.2) is 0 Å². The van der Waals surface area contributed by atoms with Crippen molar-refractivity contribution in [3.63, 3.8) is 0 Å². The Morgan fingerprint density at radius 1 is 1.32 bits per heavy atom. The van der Waals surface area contributed by atoms with Gasteiger partial charge >= 0.3 is 6.09 Å². The number of rotatable bonds is 4. The number of carbonyl (C=O) groups excluding carboxylic acids is 1. The topological polar surface area (TPSA) is 44.8 Å². The summed E-state index contributed by atoms with van der Waals surface area (Å²) < 4.78 is 5.50. The predicted molar refractivity (Wildman–Crippen MR) is 75.3 cm³/mol. The van der Waals surface area contributed by atoms with E-state index >= 15 is 0 Å². The lowest BCUT2D eigenvalue weighted by Gasteiger charge is -2.31. The van der Waals surface area contributed by atoms with E-state index < -0.39 is 5.60 Å². The smallest absolute Gasteiger partial charge is 0.410 e. The molecule has 0 aromatic heterocycles. The molecule has 0 aromatic carbocycles. The maximum atomic E-state index is 12.2. The molecule has 0 radical (unpaired) electrons. The Labute approximate surface area is 116 Å². The van der Waals surface area contributed by atoms with Crippen molar-refractivity contribution in [1.82, 2.24) is 15.1 Å². The summed E-state index contributed by atoms with van der Waals surface area (Å²) >= 11 is 0. The molecular weight excluding hydrogens is 242 g/mol. The van der Waals surface area contributed by atoms with Crippen LogP contribution in [-0.4, -0.2) is 66.8 Å². The monoisotopic (exact) mass is 269 g/mol. The van der Waals surface area contributed by atoms with E-state index in [0.717, 1.165) is 52.1 Å². The number of amides is 1. The van der Waals surface area contributed by atoms with Crippen LogP contribution < -0.4 is 5.32 Å². The summed E-state index contributed by atoms with van der Waals surface area (Å²) in [5, 5.41) is 3.34. The molecule has 2 fully saturated rings. The zero-order chi connectivity index (χ0) is 13.9. The third-order valence-electron chi connectivity index (χ3n) is 3.48. The summed E-state index contributed by atoms with van der Waals surface area (Å²) in [7, 11) is 0. The Bertz CT molecular complexity index is 304. The summed E-state index contributed by atoms with van der Waals surface area (Å²) in [6.07, 6.45) is 2.10. The van der Waals surface area contributed by atoms with E-state index in [2.05, 4.69) is 10.2 Å². The van der Waals surface area contributed by atoms with Crippen LogP contribution in [0.4, 0.5) is 4.79 Å². The first-order valence-corrected chi connectivity index (χ1v) is 7.38. The molecular formula is C14H27N3O2. The zero-order valence-electron chi connectivity index (χ0n) is 12.4. The van der Waals surface area contributed by atoms with Gasteiger partial charge in [0.15, 0.2) is 0 Å². The van der Waals surface area contributed by atoms with Crippen LogP contribution in [0, 0.1) is 0 Å². The van der Waals surface area contributed by atoms with Crippen molar-refractivity contribution >= 4 is 6.09 Å². The summed E-state index contributed by atoms with van der Waals surface area (Å²) in [5.74, 6) is 0. The number of piperazine rings is 1. The molecule has 0 bridgehead atoms. The van der Waals surface area contributed by atoms with Crippen molar-refractivity contribution < 1.29 is 9.53 Å². The fourth-order valence-electron chi connectivity index (χ4n) is 2.31. The van der Waals surface area contributed by atoms with E-state index in [-0.39, 0.29) is 6.09 Å². The fourth-order valence-corrected chi connectivity index (χ4v) is 2.31. The first kappa shape index (κ1) is 14.6. The maximum absolute atomic E-state index is 12.2. The van der Waals surface area contributed by atoms with Gasteiger partial charge in [-0.1, -0.05) is 0 Å². The van der Waals surface area contributed by atoms with Crippen molar-refractivity contribution in [2.24, 2.45) is 0 Å². The van der Waals surface area contributed by atoms with Crippen LogP contribution >= 0.6 is 0 Å². The molecule has 19 heavy (non-hydrogen) atoms. The van der Waals surface area contributed by atoms with Gasteiger partial charge in [-0.25, -0.2) is 4.79 Å². The van der Waals surface area contributed by atoms with E-state index in [0.29, 0.717) is 6.04 Å². The van der Waals surface area contributed by atoms with E-state index in [9.17, 15) is 4.79 Å². The Morgan fingerprint density at radius 2 is 1.95 bits per heavy atom. The molecule has 5 heteroatoms. The summed E-state index contributed by atoms with van der Waals surface area (Å²) in [5.41, 5.74) is -0.404. The summed E-state index contributed by atoms with van der Waals surface area (Å²) in [6.45, 7) is 11.8. The Hall–Kier alpha value is -0.810. The lowest BCUT2D eigenvalue weighted by molar-refractivity contribution is 0.0213. The Kier molecular flexibility index (Phi) is 4.68. The molecule has 1 heterocycles. The molecule has 1 saturated carbocycles. The molecule has 110 valence electrons. The van der Waals surface area contributed by atoms with Gasteiger partial charge in [-0.3, -0.25) is 4.90 Å². The molecule has 1 saturated heterocycles. The number of hydrogen-bond acceptors (Lipinski definition) is 4. The molecule has 0 spiro atoms. The second-order valence-corrected chi connectivity index (χ2v) is 6.50. The van der Waals surface area contributed by atoms with Crippen molar-refractivity contribution in [3.8, 4) is 0 Å². The van der Waals surface area contributed by atoms with Crippen LogP contribution in [0.25, 0.3) is 0 Å². The van der Waals surface area contributed by atoms with Gasteiger partial charge in [-0.05, 0) is 33.6 Å². The lowest BCUT2D eigenvalue weighted by Crippen LogP contribution is -2.48. The van der Waals surface area contributed by atoms with Gasteiger partial charge < -0.3 is 15.0 Å². The Morgan fingerprint density at radius 3 is 2.47 bits per heavy atom. The van der Waals surface area contributed by atoms with Gasteiger partial charge in [0.25, 0.3) is 0 Å². The highest BCUT2D eigenvalue weighted by Gasteiger charge is 2.35. The largest absolute Gasteiger partial charge is 0.444 e. The van der Waals surface area contributed by atoms with Crippen LogP contribution in [0.2, 0.25) is 0 Å². The first-order chi connectivity index (χ1) is 8.96. The Balaban J connectivity index is 1.80. The highest BCUT2D eigenvalue weighted by atomic mass is 16.6. The van der Waals surface area contributed by atoms with Crippen LogP contribution in [0.5, 0.6) is 0 Å². The number of carbonyl (C=O) groups is 1. The van der Waals surface area contributed by atoms with Crippen molar-refractivity contribution in [2.45, 2.75) is 45.3 Å². The standard InChI is InChI=1S/C14H27N3O2/c1-14(2,3)19-13(18)17(12-4-5-12)11-10-16-8-6-15-7-9-16/h12,15H,4-11H2,1-3H3. The molecule has 2 aliphatic rings. The number of nitrogens with zero attached hydrogens (tertiary/aromatic N) is 2. The van der Waals surface area contributed by atoms with Gasteiger partial charge in [-0.2, -0.15) is 0 Å². The third kappa shape index (κ3) is 4.99. The van der Waals surface area contributed by atoms with Crippen molar-refractivity contribution in [3.05, 3.63) is 0 Å². The molecule has 0 atom stereocenters. The predicted octanol–water partition coefficient (Wildman–Crippen LogP) is 1.29. The van der Waals surface area contributed by atoms with Crippen LogP contribution in [0.1, 0.15) is 33.6 Å². The van der Waals surface area contributed by atoms with Crippen molar-refractivity contribution in [2.75, 3.05) is 39.3 Å².